The minimum absolute atomic E-state index is 0.0957. The summed E-state index contributed by atoms with van der Waals surface area (Å²) in [5.74, 6) is -1.14. The van der Waals surface area contributed by atoms with Gasteiger partial charge in [-0.1, -0.05) is 44.0 Å². The van der Waals surface area contributed by atoms with Gasteiger partial charge in [-0.25, -0.2) is 8.78 Å². The molecule has 0 amide bonds. The average molecular weight is 536 g/mol. The molecule has 0 spiro atoms. The Balaban J connectivity index is 1.20. The molecule has 6 heteroatoms. The van der Waals surface area contributed by atoms with E-state index in [1.807, 2.05) is 18.2 Å². The zero-order valence-electron chi connectivity index (χ0n) is 22.1. The molecule has 0 unspecified atom stereocenters. The van der Waals surface area contributed by atoms with Gasteiger partial charge in [-0.05, 0) is 103 Å². The van der Waals surface area contributed by atoms with E-state index in [1.54, 1.807) is 30.3 Å². The fourth-order valence-corrected chi connectivity index (χ4v) is 6.22. The summed E-state index contributed by atoms with van der Waals surface area (Å²) < 4.78 is 65.0. The average Bonchev–Trinajstić information content (AvgIpc) is 2.93. The number of alkyl halides is 2. The number of hydrogen-bond donors (Lipinski definition) is 0. The molecule has 0 saturated heterocycles. The Labute approximate surface area is 227 Å². The van der Waals surface area contributed by atoms with Crippen molar-refractivity contribution >= 4 is 0 Å². The van der Waals surface area contributed by atoms with Crippen molar-refractivity contribution in [1.82, 2.24) is 0 Å². The zero-order chi connectivity index (χ0) is 27.6. The van der Waals surface area contributed by atoms with Gasteiger partial charge in [0.05, 0.1) is 17.6 Å². The standard InChI is InChI=1S/C33H33F4NO/c1-21-2-6-23(7-3-21)26-12-16-29(31(34)18-26)25-10-13-27(14-11-25)33(36,37)39-28-15-17-30(32(35)19-28)24-8-4-22(20-38)5-9-24/h4-5,8-9,12,15-19,21,23,25,27H,2-3,6-7,10-11,13-14H2,1H3. The normalized spacial score (nSPS) is 23.7. The minimum Gasteiger partial charge on any atom is -0.432 e. The Morgan fingerprint density at radius 3 is 2.05 bits per heavy atom. The molecule has 0 radical (unpaired) electrons. The van der Waals surface area contributed by atoms with Gasteiger partial charge in [-0.2, -0.15) is 14.0 Å². The Morgan fingerprint density at radius 2 is 1.44 bits per heavy atom. The van der Waals surface area contributed by atoms with Crippen molar-refractivity contribution in [3.05, 3.63) is 89.0 Å². The first-order chi connectivity index (χ1) is 18.7. The molecule has 0 atom stereocenters. The molecule has 0 heterocycles. The van der Waals surface area contributed by atoms with Gasteiger partial charge in [0.25, 0.3) is 0 Å². The van der Waals surface area contributed by atoms with Crippen molar-refractivity contribution in [2.45, 2.75) is 76.2 Å². The summed E-state index contributed by atoms with van der Waals surface area (Å²) in [5, 5.41) is 8.92. The molecule has 0 N–H and O–H groups in total. The number of benzene rings is 3. The van der Waals surface area contributed by atoms with Crippen LogP contribution < -0.4 is 4.74 Å². The van der Waals surface area contributed by atoms with Gasteiger partial charge in [0, 0.05) is 11.6 Å². The lowest BCUT2D eigenvalue weighted by molar-refractivity contribution is -0.222. The van der Waals surface area contributed by atoms with E-state index in [0.29, 0.717) is 35.4 Å². The van der Waals surface area contributed by atoms with Crippen LogP contribution in [0.4, 0.5) is 17.6 Å². The number of nitrogens with zero attached hydrogens (tertiary/aromatic N) is 1. The van der Waals surface area contributed by atoms with Crippen molar-refractivity contribution in [2.75, 3.05) is 0 Å². The van der Waals surface area contributed by atoms with Crippen LogP contribution in [-0.2, 0) is 0 Å². The van der Waals surface area contributed by atoms with E-state index in [9.17, 15) is 4.39 Å². The summed E-state index contributed by atoms with van der Waals surface area (Å²) in [6.07, 6.45) is 2.35. The number of hydrogen-bond acceptors (Lipinski definition) is 2. The first kappa shape index (κ1) is 27.2. The molecule has 2 nitrogen and oxygen atoms in total. The maximum absolute atomic E-state index is 15.1. The zero-order valence-corrected chi connectivity index (χ0v) is 22.1. The van der Waals surface area contributed by atoms with Crippen LogP contribution in [0.2, 0.25) is 0 Å². The first-order valence-electron chi connectivity index (χ1n) is 13.9. The highest BCUT2D eigenvalue weighted by Gasteiger charge is 2.44. The highest BCUT2D eigenvalue weighted by atomic mass is 19.3. The van der Waals surface area contributed by atoms with E-state index in [1.165, 1.54) is 25.0 Å². The Hall–Kier alpha value is -3.33. The van der Waals surface area contributed by atoms with Crippen molar-refractivity contribution in [3.63, 3.8) is 0 Å². The Kier molecular flexibility index (Phi) is 7.98. The van der Waals surface area contributed by atoms with Gasteiger partial charge in [0.15, 0.2) is 0 Å². The van der Waals surface area contributed by atoms with Crippen LogP contribution in [0.3, 0.4) is 0 Å². The molecule has 39 heavy (non-hydrogen) atoms. The molecule has 0 bridgehead atoms. The molecule has 0 aliphatic heterocycles. The van der Waals surface area contributed by atoms with Gasteiger partial charge in [-0.3, -0.25) is 0 Å². The van der Waals surface area contributed by atoms with Crippen molar-refractivity contribution in [1.29, 1.82) is 5.26 Å². The van der Waals surface area contributed by atoms with Crippen LogP contribution in [0.25, 0.3) is 11.1 Å². The summed E-state index contributed by atoms with van der Waals surface area (Å²) in [7, 11) is 0. The number of nitriles is 1. The van der Waals surface area contributed by atoms with Gasteiger partial charge in [-0.15, -0.1) is 0 Å². The maximum Gasteiger partial charge on any atom is 0.400 e. The molecule has 3 aromatic rings. The molecular formula is C33H33F4NO. The van der Waals surface area contributed by atoms with Crippen molar-refractivity contribution in [3.8, 4) is 22.9 Å². The summed E-state index contributed by atoms with van der Waals surface area (Å²) in [5.41, 5.74) is 2.89. The van der Waals surface area contributed by atoms with Gasteiger partial charge in [0.1, 0.15) is 17.4 Å². The molecular weight excluding hydrogens is 502 g/mol. The smallest absolute Gasteiger partial charge is 0.400 e. The Bertz CT molecular complexity index is 1330. The second-order valence-electron chi connectivity index (χ2n) is 11.3. The summed E-state index contributed by atoms with van der Waals surface area (Å²) >= 11 is 0. The van der Waals surface area contributed by atoms with E-state index in [-0.39, 0.29) is 35.9 Å². The molecule has 204 valence electrons. The van der Waals surface area contributed by atoms with Gasteiger partial charge < -0.3 is 4.74 Å². The fraction of sp³-hybridized carbons (Fsp3) is 0.424. The Morgan fingerprint density at radius 1 is 0.769 bits per heavy atom. The highest BCUT2D eigenvalue weighted by molar-refractivity contribution is 5.65. The fourth-order valence-electron chi connectivity index (χ4n) is 6.22. The predicted octanol–water partition coefficient (Wildman–Crippen LogP) is 9.74. The third-order valence-corrected chi connectivity index (χ3v) is 8.67. The van der Waals surface area contributed by atoms with E-state index in [0.717, 1.165) is 30.4 Å². The molecule has 2 saturated carbocycles. The van der Waals surface area contributed by atoms with E-state index in [2.05, 4.69) is 6.92 Å². The van der Waals surface area contributed by atoms with E-state index >= 15 is 13.2 Å². The topological polar surface area (TPSA) is 33.0 Å². The van der Waals surface area contributed by atoms with Crippen LogP contribution in [-0.4, -0.2) is 6.11 Å². The number of rotatable bonds is 6. The number of ether oxygens (including phenoxy) is 1. The molecule has 2 aliphatic carbocycles. The molecule has 2 aliphatic rings. The van der Waals surface area contributed by atoms with E-state index in [4.69, 9.17) is 10.00 Å². The minimum atomic E-state index is -3.46. The lowest BCUT2D eigenvalue weighted by Gasteiger charge is -2.34. The summed E-state index contributed by atoms with van der Waals surface area (Å²) in [6, 6.07) is 17.6. The van der Waals surface area contributed by atoms with E-state index < -0.39 is 17.8 Å². The van der Waals surface area contributed by atoms with Crippen molar-refractivity contribution in [2.24, 2.45) is 11.8 Å². The summed E-state index contributed by atoms with van der Waals surface area (Å²) in [4.78, 5) is 0. The molecule has 0 aromatic heterocycles. The van der Waals surface area contributed by atoms with Crippen LogP contribution in [0, 0.1) is 34.8 Å². The van der Waals surface area contributed by atoms with Crippen LogP contribution >= 0.6 is 0 Å². The van der Waals surface area contributed by atoms with Gasteiger partial charge >= 0.3 is 6.11 Å². The monoisotopic (exact) mass is 535 g/mol. The largest absolute Gasteiger partial charge is 0.432 e. The highest BCUT2D eigenvalue weighted by Crippen LogP contribution is 2.45. The lowest BCUT2D eigenvalue weighted by atomic mass is 9.76. The SMILES string of the molecule is CC1CCC(c2ccc(C3CCC(C(F)(F)Oc4ccc(-c5ccc(C#N)cc5)c(F)c4)CC3)c(F)c2)CC1. The summed E-state index contributed by atoms with van der Waals surface area (Å²) in [6.45, 7) is 2.26. The predicted molar refractivity (Wildman–Crippen MR) is 144 cm³/mol. The quantitative estimate of drug-likeness (QED) is 0.294. The molecule has 2 fully saturated rings. The molecule has 3 aromatic carbocycles. The van der Waals surface area contributed by atoms with Crippen molar-refractivity contribution < 1.29 is 22.3 Å². The molecule has 5 rings (SSSR count). The first-order valence-corrected chi connectivity index (χ1v) is 13.9. The second-order valence-corrected chi connectivity index (χ2v) is 11.3. The lowest BCUT2D eigenvalue weighted by Crippen LogP contribution is -2.37. The van der Waals surface area contributed by atoms with Gasteiger partial charge in [0.2, 0.25) is 0 Å². The third-order valence-electron chi connectivity index (χ3n) is 8.67. The number of halogens is 4. The van der Waals surface area contributed by atoms with Crippen LogP contribution in [0.1, 0.15) is 86.8 Å². The third kappa shape index (κ3) is 6.13. The van der Waals surface area contributed by atoms with Crippen LogP contribution in [0.5, 0.6) is 5.75 Å². The second kappa shape index (κ2) is 11.4. The van der Waals surface area contributed by atoms with Crippen LogP contribution in [0.15, 0.2) is 60.7 Å². The maximum atomic E-state index is 15.1.